The van der Waals surface area contributed by atoms with Crippen LogP contribution in [0, 0.1) is 0 Å². The van der Waals surface area contributed by atoms with Gasteiger partial charge in [0.1, 0.15) is 6.54 Å². The second-order valence-corrected chi connectivity index (χ2v) is 4.29. The lowest BCUT2D eigenvalue weighted by molar-refractivity contribution is -0.116. The first-order chi connectivity index (χ1) is 9.95. The van der Waals surface area contributed by atoms with Crippen molar-refractivity contribution in [2.45, 2.75) is 13.5 Å². The summed E-state index contributed by atoms with van der Waals surface area (Å²) in [6.07, 6.45) is 1.17. The molecular weight excluding hydrogens is 276 g/mol. The lowest BCUT2D eigenvalue weighted by Crippen LogP contribution is -2.19. The smallest absolute Gasteiger partial charge is 0.358 e. The molecule has 0 bridgehead atoms. The molecule has 1 aromatic carbocycles. The van der Waals surface area contributed by atoms with Crippen LogP contribution < -0.4 is 5.32 Å². The molecule has 0 aliphatic rings. The molecule has 2 aromatic rings. The van der Waals surface area contributed by atoms with Crippen LogP contribution in [0.2, 0.25) is 0 Å². The maximum Gasteiger partial charge on any atom is 0.358 e. The van der Waals surface area contributed by atoms with E-state index in [9.17, 15) is 14.4 Å². The molecule has 1 amide bonds. The summed E-state index contributed by atoms with van der Waals surface area (Å²) in [5.74, 6) is -1.65. The van der Waals surface area contributed by atoms with Crippen molar-refractivity contribution < 1.29 is 19.5 Å². The topological polar surface area (TPSA) is 114 Å². The van der Waals surface area contributed by atoms with Crippen molar-refractivity contribution in [2.75, 3.05) is 5.32 Å². The zero-order valence-electron chi connectivity index (χ0n) is 11.1. The van der Waals surface area contributed by atoms with Crippen LogP contribution in [0.4, 0.5) is 5.69 Å². The predicted octanol–water partition coefficient (Wildman–Crippen LogP) is 0.818. The maximum atomic E-state index is 11.8. The van der Waals surface area contributed by atoms with Gasteiger partial charge in [0, 0.05) is 11.3 Å². The van der Waals surface area contributed by atoms with Crippen molar-refractivity contribution in [3.05, 3.63) is 41.7 Å². The van der Waals surface area contributed by atoms with Crippen LogP contribution in [-0.2, 0) is 11.3 Å². The van der Waals surface area contributed by atoms with Gasteiger partial charge in [-0.1, -0.05) is 5.21 Å². The third-order valence-electron chi connectivity index (χ3n) is 2.64. The molecule has 21 heavy (non-hydrogen) atoms. The third-order valence-corrected chi connectivity index (χ3v) is 2.64. The highest BCUT2D eigenvalue weighted by atomic mass is 16.4. The van der Waals surface area contributed by atoms with Gasteiger partial charge in [-0.2, -0.15) is 0 Å². The van der Waals surface area contributed by atoms with Crippen LogP contribution >= 0.6 is 0 Å². The number of hydrogen-bond donors (Lipinski definition) is 2. The van der Waals surface area contributed by atoms with Gasteiger partial charge in [-0.25, -0.2) is 9.48 Å². The molecule has 0 saturated heterocycles. The molecular formula is C13H12N4O4. The zero-order valence-corrected chi connectivity index (χ0v) is 11.1. The van der Waals surface area contributed by atoms with E-state index in [1.54, 1.807) is 24.3 Å². The molecule has 8 heteroatoms. The van der Waals surface area contributed by atoms with E-state index in [1.807, 2.05) is 0 Å². The van der Waals surface area contributed by atoms with Gasteiger partial charge in [-0.3, -0.25) is 9.59 Å². The largest absolute Gasteiger partial charge is 0.476 e. The van der Waals surface area contributed by atoms with E-state index in [-0.39, 0.29) is 23.9 Å². The van der Waals surface area contributed by atoms with Gasteiger partial charge >= 0.3 is 5.97 Å². The average Bonchev–Trinajstić information content (AvgIpc) is 2.87. The normalized spacial score (nSPS) is 10.1. The van der Waals surface area contributed by atoms with Gasteiger partial charge in [-0.15, -0.1) is 5.10 Å². The third kappa shape index (κ3) is 3.72. The number of carboxylic acid groups (broad SMARTS) is 1. The lowest BCUT2D eigenvalue weighted by Gasteiger charge is -2.05. The summed E-state index contributed by atoms with van der Waals surface area (Å²) >= 11 is 0. The number of carbonyl (C=O) groups is 3. The average molecular weight is 288 g/mol. The van der Waals surface area contributed by atoms with Crippen LogP contribution in [0.15, 0.2) is 30.5 Å². The quantitative estimate of drug-likeness (QED) is 0.787. The Labute approximate surface area is 119 Å². The maximum absolute atomic E-state index is 11.8. The second kappa shape index (κ2) is 5.95. The van der Waals surface area contributed by atoms with Gasteiger partial charge in [-0.05, 0) is 31.2 Å². The zero-order chi connectivity index (χ0) is 15.4. The summed E-state index contributed by atoms with van der Waals surface area (Å²) in [7, 11) is 0. The fraction of sp³-hybridized carbons (Fsp3) is 0.154. The lowest BCUT2D eigenvalue weighted by atomic mass is 10.1. The molecule has 0 radical (unpaired) electrons. The first-order valence-electron chi connectivity index (χ1n) is 6.00. The van der Waals surface area contributed by atoms with Crippen molar-refractivity contribution in [1.82, 2.24) is 15.0 Å². The number of nitrogens with one attached hydrogen (secondary N) is 1. The van der Waals surface area contributed by atoms with E-state index < -0.39 is 5.97 Å². The summed E-state index contributed by atoms with van der Waals surface area (Å²) in [5.41, 5.74) is 0.854. The Balaban J connectivity index is 1.97. The molecule has 1 heterocycles. The van der Waals surface area contributed by atoms with Gasteiger partial charge in [0.15, 0.2) is 11.5 Å². The van der Waals surface area contributed by atoms with E-state index in [1.165, 1.54) is 13.1 Å². The van der Waals surface area contributed by atoms with Crippen LogP contribution in [0.5, 0.6) is 0 Å². The number of benzene rings is 1. The van der Waals surface area contributed by atoms with E-state index in [0.29, 0.717) is 11.3 Å². The number of amides is 1. The predicted molar refractivity (Wildman–Crippen MR) is 72.1 cm³/mol. The Morgan fingerprint density at radius 1 is 1.24 bits per heavy atom. The molecule has 0 fully saturated rings. The SMILES string of the molecule is CC(=O)c1ccc(NC(=O)Cn2cc(C(=O)O)nn2)cc1. The molecule has 0 saturated carbocycles. The number of carbonyl (C=O) groups excluding carboxylic acids is 2. The number of ketones is 1. The first kappa shape index (κ1) is 14.4. The van der Waals surface area contributed by atoms with Gasteiger partial charge in [0.2, 0.25) is 5.91 Å². The Hall–Kier alpha value is -3.03. The first-order valence-corrected chi connectivity index (χ1v) is 6.00. The van der Waals surface area contributed by atoms with Crippen molar-refractivity contribution in [3.8, 4) is 0 Å². The Morgan fingerprint density at radius 2 is 1.90 bits per heavy atom. The molecule has 0 atom stereocenters. The molecule has 1 aromatic heterocycles. The van der Waals surface area contributed by atoms with E-state index >= 15 is 0 Å². The number of aromatic carboxylic acids is 1. The fourth-order valence-electron chi connectivity index (χ4n) is 1.61. The van der Waals surface area contributed by atoms with E-state index in [4.69, 9.17) is 5.11 Å². The van der Waals surface area contributed by atoms with Crippen LogP contribution in [0.25, 0.3) is 0 Å². The number of hydrogen-bond acceptors (Lipinski definition) is 5. The van der Waals surface area contributed by atoms with E-state index in [0.717, 1.165) is 4.68 Å². The minimum absolute atomic E-state index is 0.0586. The number of aromatic nitrogens is 3. The van der Waals surface area contributed by atoms with Crippen LogP contribution in [-0.4, -0.2) is 37.8 Å². The molecule has 8 nitrogen and oxygen atoms in total. The van der Waals surface area contributed by atoms with Crippen molar-refractivity contribution in [3.63, 3.8) is 0 Å². The van der Waals surface area contributed by atoms with Gasteiger partial charge < -0.3 is 10.4 Å². The molecule has 0 unspecified atom stereocenters. The van der Waals surface area contributed by atoms with Crippen molar-refractivity contribution in [2.24, 2.45) is 0 Å². The summed E-state index contributed by atoms with van der Waals surface area (Å²) in [5, 5.41) is 18.2. The summed E-state index contributed by atoms with van der Waals surface area (Å²) in [4.78, 5) is 33.5. The highest BCUT2D eigenvalue weighted by molar-refractivity contribution is 5.95. The summed E-state index contributed by atoms with van der Waals surface area (Å²) in [6, 6.07) is 6.43. The van der Waals surface area contributed by atoms with E-state index in [2.05, 4.69) is 15.6 Å². The monoisotopic (exact) mass is 288 g/mol. The summed E-state index contributed by atoms with van der Waals surface area (Å²) < 4.78 is 1.13. The van der Waals surface area contributed by atoms with Gasteiger partial charge in [0.05, 0.1) is 6.20 Å². The standard InChI is InChI=1S/C13H12N4O4/c1-8(18)9-2-4-10(5-3-9)14-12(19)7-17-6-11(13(20)21)15-16-17/h2-6H,7H2,1H3,(H,14,19)(H,20,21). The Kier molecular flexibility index (Phi) is 4.07. The molecule has 0 spiro atoms. The molecule has 108 valence electrons. The number of carboxylic acids is 1. The molecule has 2 N–H and O–H groups in total. The number of rotatable bonds is 5. The Bertz CT molecular complexity index is 690. The van der Waals surface area contributed by atoms with Crippen LogP contribution in [0.1, 0.15) is 27.8 Å². The molecule has 0 aliphatic carbocycles. The number of nitrogens with zero attached hydrogens (tertiary/aromatic N) is 3. The Morgan fingerprint density at radius 3 is 2.43 bits per heavy atom. The minimum atomic E-state index is -1.21. The summed E-state index contributed by atoms with van der Waals surface area (Å²) in [6.45, 7) is 1.30. The fourth-order valence-corrected chi connectivity index (χ4v) is 1.61. The molecule has 2 rings (SSSR count). The minimum Gasteiger partial charge on any atom is -0.476 e. The van der Waals surface area contributed by atoms with Crippen molar-refractivity contribution >= 4 is 23.3 Å². The second-order valence-electron chi connectivity index (χ2n) is 4.29. The highest BCUT2D eigenvalue weighted by Crippen LogP contribution is 2.10. The van der Waals surface area contributed by atoms with Crippen molar-refractivity contribution in [1.29, 1.82) is 0 Å². The number of Topliss-reactive ketones (excluding diaryl/α,β-unsaturated/α-hetero) is 1. The number of anilines is 1. The molecule has 0 aliphatic heterocycles. The van der Waals surface area contributed by atoms with Crippen LogP contribution in [0.3, 0.4) is 0 Å². The van der Waals surface area contributed by atoms with Gasteiger partial charge in [0.25, 0.3) is 0 Å². The highest BCUT2D eigenvalue weighted by Gasteiger charge is 2.11.